The zero-order valence-electron chi connectivity index (χ0n) is 22.1. The van der Waals surface area contributed by atoms with Crippen molar-refractivity contribution in [1.82, 2.24) is 20.2 Å². The minimum absolute atomic E-state index is 0.00688. The lowest BCUT2D eigenvalue weighted by Gasteiger charge is -2.31. The van der Waals surface area contributed by atoms with Gasteiger partial charge in [0, 0.05) is 17.6 Å². The van der Waals surface area contributed by atoms with Gasteiger partial charge in [0.1, 0.15) is 10.4 Å². The first-order valence-electron chi connectivity index (χ1n) is 13.1. The lowest BCUT2D eigenvalue weighted by molar-refractivity contribution is -0.117. The molecule has 1 saturated heterocycles. The van der Waals surface area contributed by atoms with Crippen molar-refractivity contribution in [2.24, 2.45) is 5.92 Å². The predicted molar refractivity (Wildman–Crippen MR) is 151 cm³/mol. The summed E-state index contributed by atoms with van der Waals surface area (Å²) < 4.78 is 31.0. The maximum absolute atomic E-state index is 13.1. The fourth-order valence-electron chi connectivity index (χ4n) is 4.70. The van der Waals surface area contributed by atoms with Crippen LogP contribution >= 0.6 is 0 Å². The number of likely N-dealkylation sites (tertiary alicyclic amines) is 1. The number of fused-ring (bicyclic) bond motifs is 1. The van der Waals surface area contributed by atoms with Crippen LogP contribution in [0.1, 0.15) is 28.9 Å². The number of nitrogens with one attached hydrogen (secondary N) is 2. The number of carbonyl (C=O) groups is 2. The highest BCUT2D eigenvalue weighted by Crippen LogP contribution is 2.21. The Morgan fingerprint density at radius 3 is 2.35 bits per heavy atom. The van der Waals surface area contributed by atoms with Gasteiger partial charge in [-0.25, -0.2) is 0 Å². The van der Waals surface area contributed by atoms with E-state index in [0.29, 0.717) is 24.0 Å². The molecule has 2 heterocycles. The first kappa shape index (κ1) is 27.4. The van der Waals surface area contributed by atoms with Crippen molar-refractivity contribution in [3.05, 3.63) is 90.1 Å². The monoisotopic (exact) mass is 561 g/mol. The molecule has 0 radical (unpaired) electrons. The molecule has 0 saturated carbocycles. The van der Waals surface area contributed by atoms with Gasteiger partial charge in [-0.1, -0.05) is 58.9 Å². The van der Waals surface area contributed by atoms with Crippen molar-refractivity contribution in [2.75, 3.05) is 31.5 Å². The van der Waals surface area contributed by atoms with Crippen LogP contribution in [0, 0.1) is 12.8 Å². The molecule has 40 heavy (non-hydrogen) atoms. The van der Waals surface area contributed by atoms with E-state index in [2.05, 4.69) is 20.6 Å². The quantitative estimate of drug-likeness (QED) is 0.322. The summed E-state index contributed by atoms with van der Waals surface area (Å²) in [7, 11) is -4.16. The number of hydrogen-bond acceptors (Lipinski definition) is 7. The number of benzene rings is 3. The molecule has 0 atom stereocenters. The van der Waals surface area contributed by atoms with Gasteiger partial charge in [-0.2, -0.15) is 8.42 Å². The first-order chi connectivity index (χ1) is 19.3. The zero-order valence-corrected chi connectivity index (χ0v) is 22.9. The maximum atomic E-state index is 13.1. The summed E-state index contributed by atoms with van der Waals surface area (Å²) in [6.45, 7) is 4.14. The second-order valence-electron chi connectivity index (χ2n) is 9.92. The normalized spacial score (nSPS) is 14.6. The van der Waals surface area contributed by atoms with Gasteiger partial charge in [0.15, 0.2) is 5.69 Å². The summed E-state index contributed by atoms with van der Waals surface area (Å²) in [5.41, 5.74) is 2.15. The van der Waals surface area contributed by atoms with Crippen LogP contribution in [0.15, 0.2) is 83.8 Å². The summed E-state index contributed by atoms with van der Waals surface area (Å²) in [4.78, 5) is 28.5. The Hall–Kier alpha value is -4.22. The van der Waals surface area contributed by atoms with Gasteiger partial charge < -0.3 is 10.6 Å². The highest BCUT2D eigenvalue weighted by Gasteiger charge is 2.25. The molecule has 3 aromatic carbocycles. The lowest BCUT2D eigenvalue weighted by atomic mass is 9.96. The summed E-state index contributed by atoms with van der Waals surface area (Å²) in [6, 6.07) is 22.5. The van der Waals surface area contributed by atoms with E-state index < -0.39 is 16.0 Å². The third-order valence-corrected chi connectivity index (χ3v) is 8.12. The number of anilines is 1. The highest BCUT2D eigenvalue weighted by molar-refractivity contribution is 7.87. The second kappa shape index (κ2) is 11.9. The summed E-state index contributed by atoms with van der Waals surface area (Å²) in [5, 5.41) is 10.5. The Labute approximate surface area is 233 Å². The minimum Gasteiger partial charge on any atom is -0.350 e. The molecule has 0 bridgehead atoms. The van der Waals surface area contributed by atoms with Crippen LogP contribution in [0.4, 0.5) is 5.69 Å². The van der Waals surface area contributed by atoms with Crippen LogP contribution in [0.2, 0.25) is 0 Å². The van der Waals surface area contributed by atoms with E-state index in [1.807, 2.05) is 37.3 Å². The molecule has 0 aliphatic carbocycles. The molecule has 4 aromatic rings. The number of piperidine rings is 1. The minimum atomic E-state index is -4.16. The van der Waals surface area contributed by atoms with Gasteiger partial charge in [-0.05, 0) is 69.1 Å². The smallest absolute Gasteiger partial charge is 0.350 e. The number of carbonyl (C=O) groups excluding carboxylic acids is 2. The molecule has 10 nitrogen and oxygen atoms in total. The lowest BCUT2D eigenvalue weighted by Crippen LogP contribution is -2.42. The van der Waals surface area contributed by atoms with Crippen molar-refractivity contribution in [3.63, 3.8) is 0 Å². The number of rotatable bonds is 9. The highest BCUT2D eigenvalue weighted by atomic mass is 32.2. The van der Waals surface area contributed by atoms with Crippen molar-refractivity contribution in [1.29, 1.82) is 0 Å². The fourth-order valence-corrected chi connectivity index (χ4v) is 5.55. The van der Waals surface area contributed by atoms with E-state index in [0.717, 1.165) is 42.0 Å². The van der Waals surface area contributed by atoms with E-state index in [1.54, 1.807) is 36.4 Å². The molecular formula is C29H31N5O5S. The molecule has 5 rings (SSSR count). The number of hydrogen-bond donors (Lipinski definition) is 2. The third kappa shape index (κ3) is 6.49. The number of aromatic nitrogens is 2. The molecule has 11 heteroatoms. The molecule has 1 fully saturated rings. The van der Waals surface area contributed by atoms with Gasteiger partial charge in [0.2, 0.25) is 5.91 Å². The van der Waals surface area contributed by atoms with Crippen molar-refractivity contribution >= 4 is 38.5 Å². The topological polar surface area (TPSA) is 123 Å². The molecule has 2 amide bonds. The number of nitrogens with zero attached hydrogens (tertiary/aromatic N) is 3. The molecular weight excluding hydrogens is 530 g/mol. The number of aryl methyl sites for hydroxylation is 1. The summed E-state index contributed by atoms with van der Waals surface area (Å²) in [6.07, 6.45) is 1.68. The van der Waals surface area contributed by atoms with Gasteiger partial charge in [0.05, 0.1) is 6.54 Å². The largest absolute Gasteiger partial charge is 0.358 e. The number of amides is 2. The Kier molecular flexibility index (Phi) is 8.13. The maximum Gasteiger partial charge on any atom is 0.358 e. The van der Waals surface area contributed by atoms with Crippen LogP contribution < -0.4 is 14.9 Å². The van der Waals surface area contributed by atoms with E-state index in [-0.39, 0.29) is 22.4 Å². The van der Waals surface area contributed by atoms with Gasteiger partial charge in [-0.3, -0.25) is 18.8 Å². The van der Waals surface area contributed by atoms with Gasteiger partial charge >= 0.3 is 10.1 Å². The SMILES string of the molecule is Cc1ccc(S(=O)(=O)On2nc(C(=O)NCC3CCN(CC(=O)Nc4ccccc4)CC3)c3ccccc32)cc1. The van der Waals surface area contributed by atoms with Crippen LogP contribution in [0.25, 0.3) is 10.9 Å². The summed E-state index contributed by atoms with van der Waals surface area (Å²) in [5.74, 6) is -0.202. The molecule has 1 aromatic heterocycles. The fraction of sp³-hybridized carbons (Fsp3) is 0.276. The molecule has 1 aliphatic heterocycles. The average molecular weight is 562 g/mol. The average Bonchev–Trinajstić information content (AvgIpc) is 3.31. The van der Waals surface area contributed by atoms with Crippen LogP contribution in [-0.4, -0.2) is 61.3 Å². The Morgan fingerprint density at radius 2 is 1.62 bits per heavy atom. The number of para-hydroxylation sites is 2. The van der Waals surface area contributed by atoms with Crippen LogP contribution in [0.5, 0.6) is 0 Å². The van der Waals surface area contributed by atoms with Crippen molar-refractivity contribution in [2.45, 2.75) is 24.7 Å². The van der Waals surface area contributed by atoms with Gasteiger partial charge in [0.25, 0.3) is 5.91 Å². The van der Waals surface area contributed by atoms with E-state index in [4.69, 9.17) is 4.28 Å². The molecule has 0 unspecified atom stereocenters. The van der Waals surface area contributed by atoms with E-state index in [1.165, 1.54) is 12.1 Å². The standard InChI is InChI=1S/C29H31N5O5S/c1-21-11-13-24(14-12-21)40(37,38)39-34-26-10-6-5-9-25(26)28(32-34)29(36)30-19-22-15-17-33(18-16-22)20-27(35)31-23-7-3-2-4-8-23/h2-14,22H,15-20H2,1H3,(H,30,36)(H,31,35). The van der Waals surface area contributed by atoms with Crippen molar-refractivity contribution < 1.29 is 22.3 Å². The molecule has 0 spiro atoms. The summed E-state index contributed by atoms with van der Waals surface area (Å²) >= 11 is 0. The Bertz CT molecular complexity index is 1600. The Balaban J connectivity index is 1.17. The predicted octanol–water partition coefficient (Wildman–Crippen LogP) is 3.24. The zero-order chi connectivity index (χ0) is 28.1. The molecule has 2 N–H and O–H groups in total. The van der Waals surface area contributed by atoms with E-state index >= 15 is 0 Å². The van der Waals surface area contributed by atoms with Gasteiger partial charge in [-0.15, -0.1) is 5.10 Å². The Morgan fingerprint density at radius 1 is 0.950 bits per heavy atom. The third-order valence-electron chi connectivity index (χ3n) is 6.93. The van der Waals surface area contributed by atoms with Crippen molar-refractivity contribution in [3.8, 4) is 0 Å². The van der Waals surface area contributed by atoms with E-state index in [9.17, 15) is 18.0 Å². The molecule has 208 valence electrons. The second-order valence-corrected chi connectivity index (χ2v) is 11.5. The first-order valence-corrected chi connectivity index (χ1v) is 14.5. The van der Waals surface area contributed by atoms with Crippen LogP contribution in [-0.2, 0) is 14.9 Å². The molecule has 1 aliphatic rings. The van der Waals surface area contributed by atoms with Crippen LogP contribution in [0.3, 0.4) is 0 Å².